The molecule has 0 bridgehead atoms. The van der Waals surface area contributed by atoms with Gasteiger partial charge in [-0.3, -0.25) is 0 Å². The summed E-state index contributed by atoms with van der Waals surface area (Å²) in [5.41, 5.74) is 1.05. The summed E-state index contributed by atoms with van der Waals surface area (Å²) in [6.45, 7) is 3.65. The molecule has 5 nitrogen and oxygen atoms in total. The molecular formula is C13H15N5. The van der Waals surface area contributed by atoms with Crippen molar-refractivity contribution in [3.05, 3.63) is 42.1 Å². The number of nitrogens with one attached hydrogen (secondary N) is 1. The van der Waals surface area contributed by atoms with Gasteiger partial charge in [-0.25, -0.2) is 9.97 Å². The van der Waals surface area contributed by atoms with E-state index in [9.17, 15) is 0 Å². The number of hydrogen-bond donors (Lipinski definition) is 1. The molecule has 0 aliphatic carbocycles. The van der Waals surface area contributed by atoms with E-state index in [1.165, 1.54) is 0 Å². The predicted molar refractivity (Wildman–Crippen MR) is 69.1 cm³/mol. The third kappa shape index (κ3) is 2.86. The zero-order valence-corrected chi connectivity index (χ0v) is 10.3. The summed E-state index contributed by atoms with van der Waals surface area (Å²) >= 11 is 0. The highest BCUT2D eigenvalue weighted by molar-refractivity contribution is 5.35. The highest BCUT2D eigenvalue weighted by atomic mass is 15.1. The predicted octanol–water partition coefficient (Wildman–Crippen LogP) is 2.02. The minimum absolute atomic E-state index is 0.420. The average molecular weight is 241 g/mol. The number of nitrogens with zero attached hydrogens (tertiary/aromatic N) is 4. The van der Waals surface area contributed by atoms with E-state index in [4.69, 9.17) is 5.26 Å². The van der Waals surface area contributed by atoms with E-state index in [1.54, 1.807) is 17.0 Å². The summed E-state index contributed by atoms with van der Waals surface area (Å²) in [6, 6.07) is 6.01. The number of rotatable bonds is 5. The van der Waals surface area contributed by atoms with Gasteiger partial charge < -0.3 is 9.88 Å². The summed E-state index contributed by atoms with van der Waals surface area (Å²) in [5, 5.41) is 12.1. The van der Waals surface area contributed by atoms with E-state index in [0.29, 0.717) is 12.4 Å². The Hall–Kier alpha value is -2.35. The highest BCUT2D eigenvalue weighted by Crippen LogP contribution is 2.08. The first kappa shape index (κ1) is 12.1. The Labute approximate surface area is 106 Å². The number of anilines is 1. The summed E-state index contributed by atoms with van der Waals surface area (Å²) in [5.74, 6) is 1.30. The smallest absolute Gasteiger partial charge is 0.213 e. The number of pyridine rings is 1. The fraction of sp³-hybridized carbons (Fsp3) is 0.308. The Morgan fingerprint density at radius 3 is 2.94 bits per heavy atom. The van der Waals surface area contributed by atoms with E-state index in [2.05, 4.69) is 28.3 Å². The lowest BCUT2D eigenvalue weighted by Crippen LogP contribution is -2.04. The molecule has 0 amide bonds. The maximum Gasteiger partial charge on any atom is 0.213 e. The van der Waals surface area contributed by atoms with E-state index in [0.717, 1.165) is 24.3 Å². The Bertz CT molecular complexity index is 535. The molecule has 2 heterocycles. The standard InChI is InChI=1S/C13H15N5/c1-2-5-15-12-4-3-11(9-17-12)10-18-7-6-16-13(18)8-14/h3-4,6-7,9H,2,5,10H2,1H3,(H,15,17). The molecule has 0 fully saturated rings. The summed E-state index contributed by atoms with van der Waals surface area (Å²) in [7, 11) is 0. The maximum absolute atomic E-state index is 8.87. The van der Waals surface area contributed by atoms with E-state index in [1.807, 2.05) is 18.3 Å². The molecule has 1 N–H and O–H groups in total. The van der Waals surface area contributed by atoms with E-state index >= 15 is 0 Å². The lowest BCUT2D eigenvalue weighted by atomic mass is 10.2. The molecule has 92 valence electrons. The third-order valence-electron chi connectivity index (χ3n) is 2.55. The first-order valence-electron chi connectivity index (χ1n) is 5.93. The van der Waals surface area contributed by atoms with Crippen LogP contribution in [0.15, 0.2) is 30.7 Å². The molecule has 0 aliphatic heterocycles. The van der Waals surface area contributed by atoms with Crippen molar-refractivity contribution in [2.24, 2.45) is 0 Å². The van der Waals surface area contributed by atoms with E-state index < -0.39 is 0 Å². The number of nitriles is 1. The van der Waals surface area contributed by atoms with Gasteiger partial charge in [-0.1, -0.05) is 13.0 Å². The van der Waals surface area contributed by atoms with Crippen molar-refractivity contribution in [1.82, 2.24) is 14.5 Å². The van der Waals surface area contributed by atoms with Gasteiger partial charge in [-0.05, 0) is 18.1 Å². The van der Waals surface area contributed by atoms with Crippen LogP contribution in [0.25, 0.3) is 0 Å². The Morgan fingerprint density at radius 1 is 1.39 bits per heavy atom. The van der Waals surface area contributed by atoms with Crippen molar-refractivity contribution in [2.75, 3.05) is 11.9 Å². The van der Waals surface area contributed by atoms with Gasteiger partial charge in [-0.2, -0.15) is 5.26 Å². The van der Waals surface area contributed by atoms with Crippen LogP contribution in [0.2, 0.25) is 0 Å². The number of aromatic nitrogens is 3. The van der Waals surface area contributed by atoms with Crippen LogP contribution in [-0.4, -0.2) is 21.1 Å². The van der Waals surface area contributed by atoms with Crippen LogP contribution < -0.4 is 5.32 Å². The molecule has 2 aromatic heterocycles. The molecule has 2 aromatic rings. The van der Waals surface area contributed by atoms with Crippen molar-refractivity contribution in [3.63, 3.8) is 0 Å². The van der Waals surface area contributed by atoms with Crippen LogP contribution in [0.1, 0.15) is 24.7 Å². The highest BCUT2D eigenvalue weighted by Gasteiger charge is 2.02. The van der Waals surface area contributed by atoms with Crippen molar-refractivity contribution in [3.8, 4) is 6.07 Å². The van der Waals surface area contributed by atoms with Crippen molar-refractivity contribution in [1.29, 1.82) is 5.26 Å². The minimum Gasteiger partial charge on any atom is -0.370 e. The molecule has 0 saturated carbocycles. The van der Waals surface area contributed by atoms with E-state index in [-0.39, 0.29) is 0 Å². The van der Waals surface area contributed by atoms with Crippen molar-refractivity contribution in [2.45, 2.75) is 19.9 Å². The van der Waals surface area contributed by atoms with Crippen LogP contribution in [0.3, 0.4) is 0 Å². The van der Waals surface area contributed by atoms with Gasteiger partial charge in [0.15, 0.2) is 0 Å². The minimum atomic E-state index is 0.420. The molecule has 0 atom stereocenters. The van der Waals surface area contributed by atoms with Crippen LogP contribution in [0.4, 0.5) is 5.82 Å². The molecule has 0 aliphatic rings. The molecule has 0 aromatic carbocycles. The monoisotopic (exact) mass is 241 g/mol. The van der Waals surface area contributed by atoms with Gasteiger partial charge in [0.05, 0.1) is 6.54 Å². The van der Waals surface area contributed by atoms with Crippen molar-refractivity contribution < 1.29 is 0 Å². The van der Waals surface area contributed by atoms with Crippen molar-refractivity contribution >= 4 is 5.82 Å². The first-order valence-corrected chi connectivity index (χ1v) is 5.93. The summed E-state index contributed by atoms with van der Waals surface area (Å²) in [6.07, 6.45) is 6.31. The van der Waals surface area contributed by atoms with Gasteiger partial charge in [0.25, 0.3) is 0 Å². The van der Waals surface area contributed by atoms with Crippen LogP contribution >= 0.6 is 0 Å². The second kappa shape index (κ2) is 5.82. The fourth-order valence-electron chi connectivity index (χ4n) is 1.62. The quantitative estimate of drug-likeness (QED) is 0.869. The summed E-state index contributed by atoms with van der Waals surface area (Å²) < 4.78 is 1.80. The zero-order chi connectivity index (χ0) is 12.8. The topological polar surface area (TPSA) is 66.5 Å². The number of hydrogen-bond acceptors (Lipinski definition) is 4. The van der Waals surface area contributed by atoms with Gasteiger partial charge in [0, 0.05) is 25.1 Å². The molecule has 0 saturated heterocycles. The Balaban J connectivity index is 2.04. The molecule has 18 heavy (non-hydrogen) atoms. The Morgan fingerprint density at radius 2 is 2.28 bits per heavy atom. The zero-order valence-electron chi connectivity index (χ0n) is 10.3. The lowest BCUT2D eigenvalue weighted by Gasteiger charge is -2.06. The normalized spacial score (nSPS) is 10.0. The second-order valence-corrected chi connectivity index (χ2v) is 3.97. The fourth-order valence-corrected chi connectivity index (χ4v) is 1.62. The lowest BCUT2D eigenvalue weighted by molar-refractivity contribution is 0.778. The SMILES string of the molecule is CCCNc1ccc(Cn2ccnc2C#N)cn1. The average Bonchev–Trinajstić information content (AvgIpc) is 2.85. The molecule has 0 radical (unpaired) electrons. The van der Waals surface area contributed by atoms with Gasteiger partial charge in [-0.15, -0.1) is 0 Å². The number of imidazole rings is 1. The molecule has 0 unspecified atom stereocenters. The first-order chi connectivity index (χ1) is 8.83. The molecular weight excluding hydrogens is 226 g/mol. The van der Waals surface area contributed by atoms with Crippen LogP contribution in [-0.2, 0) is 6.54 Å². The Kier molecular flexibility index (Phi) is 3.92. The van der Waals surface area contributed by atoms with Crippen LogP contribution in [0.5, 0.6) is 0 Å². The maximum atomic E-state index is 8.87. The molecule has 2 rings (SSSR count). The molecule has 0 spiro atoms. The van der Waals surface area contributed by atoms with Gasteiger partial charge in [0.1, 0.15) is 11.9 Å². The summed E-state index contributed by atoms with van der Waals surface area (Å²) in [4.78, 5) is 8.28. The largest absolute Gasteiger partial charge is 0.370 e. The van der Waals surface area contributed by atoms with Gasteiger partial charge >= 0.3 is 0 Å². The second-order valence-electron chi connectivity index (χ2n) is 3.97. The molecule has 5 heteroatoms. The van der Waals surface area contributed by atoms with Crippen LogP contribution in [0, 0.1) is 11.3 Å². The van der Waals surface area contributed by atoms with Gasteiger partial charge in [0.2, 0.25) is 5.82 Å². The third-order valence-corrected chi connectivity index (χ3v) is 2.55.